The number of hydrogen-bond acceptors (Lipinski definition) is 3. The van der Waals surface area contributed by atoms with Crippen LogP contribution in [0.4, 0.5) is 0 Å². The van der Waals surface area contributed by atoms with Gasteiger partial charge in [0, 0.05) is 23.4 Å². The van der Waals surface area contributed by atoms with Gasteiger partial charge >= 0.3 is 0 Å². The molecule has 0 amide bonds. The monoisotopic (exact) mass is 313 g/mol. The molecular weight excluding hydrogens is 290 g/mol. The van der Waals surface area contributed by atoms with Crippen LogP contribution in [0.1, 0.15) is 49.8 Å². The van der Waals surface area contributed by atoms with E-state index in [1.54, 1.807) is 11.3 Å². The number of hydrogen-bond donors (Lipinski definition) is 1. The van der Waals surface area contributed by atoms with Gasteiger partial charge in [0.1, 0.15) is 0 Å². The number of thiophene rings is 1. The highest BCUT2D eigenvalue weighted by Gasteiger charge is 2.35. The minimum Gasteiger partial charge on any atom is -0.393 e. The first-order chi connectivity index (χ1) is 9.74. The molecule has 0 aromatic carbocycles. The average Bonchev–Trinajstić information content (AvgIpc) is 2.86. The number of halogens is 1. The van der Waals surface area contributed by atoms with Crippen LogP contribution >= 0.6 is 22.9 Å². The molecule has 2 heterocycles. The van der Waals surface area contributed by atoms with Gasteiger partial charge in [-0.25, -0.2) is 0 Å². The minimum absolute atomic E-state index is 0.0822. The first-order valence-electron chi connectivity index (χ1n) is 7.90. The predicted octanol–water partition coefficient (Wildman–Crippen LogP) is 4.31. The van der Waals surface area contributed by atoms with Gasteiger partial charge in [0.05, 0.1) is 10.4 Å². The summed E-state index contributed by atoms with van der Waals surface area (Å²) in [5.41, 5.74) is 0. The SMILES string of the molecule is OC1CCCCC1C1CCCCN1Cc1ccc(Cl)s1. The Kier molecular flexibility index (Phi) is 5.03. The van der Waals surface area contributed by atoms with Crippen LogP contribution in [-0.4, -0.2) is 28.7 Å². The Hall–Kier alpha value is -0.0900. The molecule has 4 heteroatoms. The molecule has 3 rings (SSSR count). The van der Waals surface area contributed by atoms with Gasteiger partial charge in [-0.3, -0.25) is 4.90 Å². The van der Waals surface area contributed by atoms with Crippen LogP contribution < -0.4 is 0 Å². The zero-order chi connectivity index (χ0) is 13.9. The van der Waals surface area contributed by atoms with Crippen LogP contribution in [0.2, 0.25) is 4.34 Å². The van der Waals surface area contributed by atoms with Crippen LogP contribution in [-0.2, 0) is 6.54 Å². The molecule has 3 unspecified atom stereocenters. The maximum absolute atomic E-state index is 10.4. The maximum atomic E-state index is 10.4. The normalized spacial score (nSPS) is 32.4. The van der Waals surface area contributed by atoms with Crippen LogP contribution in [0.15, 0.2) is 12.1 Å². The highest BCUT2D eigenvalue weighted by Crippen LogP contribution is 2.35. The van der Waals surface area contributed by atoms with Gasteiger partial charge < -0.3 is 5.11 Å². The van der Waals surface area contributed by atoms with E-state index in [4.69, 9.17) is 11.6 Å². The van der Waals surface area contributed by atoms with E-state index in [1.165, 1.54) is 49.9 Å². The Morgan fingerprint density at radius 2 is 1.95 bits per heavy atom. The van der Waals surface area contributed by atoms with E-state index in [0.29, 0.717) is 12.0 Å². The molecule has 112 valence electrons. The number of rotatable bonds is 3. The number of aliphatic hydroxyl groups excluding tert-OH is 1. The first kappa shape index (κ1) is 14.8. The molecule has 2 fully saturated rings. The molecule has 1 saturated carbocycles. The van der Waals surface area contributed by atoms with Crippen molar-refractivity contribution in [3.8, 4) is 0 Å². The van der Waals surface area contributed by atoms with E-state index in [0.717, 1.165) is 17.3 Å². The van der Waals surface area contributed by atoms with Crippen LogP contribution in [0.3, 0.4) is 0 Å². The molecule has 1 aliphatic heterocycles. The van der Waals surface area contributed by atoms with Gasteiger partial charge in [-0.2, -0.15) is 0 Å². The summed E-state index contributed by atoms with van der Waals surface area (Å²) in [7, 11) is 0. The van der Waals surface area contributed by atoms with Gasteiger partial charge in [-0.15, -0.1) is 11.3 Å². The third-order valence-corrected chi connectivity index (χ3v) is 6.14. The van der Waals surface area contributed by atoms with Crippen LogP contribution in [0.25, 0.3) is 0 Å². The zero-order valence-electron chi connectivity index (χ0n) is 11.9. The van der Waals surface area contributed by atoms with Crippen molar-refractivity contribution >= 4 is 22.9 Å². The lowest BCUT2D eigenvalue weighted by atomic mass is 9.78. The largest absolute Gasteiger partial charge is 0.393 e. The topological polar surface area (TPSA) is 23.5 Å². The number of aliphatic hydroxyl groups is 1. The number of nitrogens with zero attached hydrogens (tertiary/aromatic N) is 1. The highest BCUT2D eigenvalue weighted by atomic mass is 35.5. The third kappa shape index (κ3) is 3.38. The van der Waals surface area contributed by atoms with E-state index in [9.17, 15) is 5.11 Å². The molecular formula is C16H24ClNOS. The van der Waals surface area contributed by atoms with Crippen molar-refractivity contribution < 1.29 is 5.11 Å². The summed E-state index contributed by atoms with van der Waals surface area (Å²) in [6, 6.07) is 4.71. The second kappa shape index (κ2) is 6.78. The summed E-state index contributed by atoms with van der Waals surface area (Å²) >= 11 is 7.74. The van der Waals surface area contributed by atoms with E-state index in [1.807, 2.05) is 6.07 Å². The molecule has 3 atom stereocenters. The lowest BCUT2D eigenvalue weighted by molar-refractivity contribution is -0.00827. The van der Waals surface area contributed by atoms with Crippen molar-refractivity contribution in [3.63, 3.8) is 0 Å². The molecule has 1 aromatic rings. The molecule has 1 aliphatic carbocycles. The van der Waals surface area contributed by atoms with E-state index >= 15 is 0 Å². The number of piperidine rings is 1. The number of likely N-dealkylation sites (tertiary alicyclic amines) is 1. The summed E-state index contributed by atoms with van der Waals surface area (Å²) < 4.78 is 0.881. The van der Waals surface area contributed by atoms with Gasteiger partial charge in [0.25, 0.3) is 0 Å². The van der Waals surface area contributed by atoms with Crippen molar-refractivity contribution in [2.24, 2.45) is 5.92 Å². The van der Waals surface area contributed by atoms with E-state index in [2.05, 4.69) is 11.0 Å². The molecule has 0 radical (unpaired) electrons. The molecule has 1 aromatic heterocycles. The lowest BCUT2D eigenvalue weighted by Crippen LogP contribution is -2.48. The van der Waals surface area contributed by atoms with E-state index in [-0.39, 0.29) is 6.10 Å². The standard InChI is InChI=1S/C16H24ClNOS/c17-16-9-8-12(20-16)11-18-10-4-3-6-14(18)13-5-1-2-7-15(13)19/h8-9,13-15,19H,1-7,10-11H2. The Morgan fingerprint density at radius 1 is 1.15 bits per heavy atom. The summed E-state index contributed by atoms with van der Waals surface area (Å²) in [6.45, 7) is 2.18. The average molecular weight is 314 g/mol. The fourth-order valence-corrected chi connectivity index (χ4v) is 5.04. The first-order valence-corrected chi connectivity index (χ1v) is 9.10. The lowest BCUT2D eigenvalue weighted by Gasteiger charge is -2.43. The molecule has 1 N–H and O–H groups in total. The fourth-order valence-electron chi connectivity index (χ4n) is 3.92. The third-order valence-electron chi connectivity index (χ3n) is 4.93. The smallest absolute Gasteiger partial charge is 0.0931 e. The molecule has 2 nitrogen and oxygen atoms in total. The highest BCUT2D eigenvalue weighted by molar-refractivity contribution is 7.16. The molecule has 1 saturated heterocycles. The van der Waals surface area contributed by atoms with Gasteiger partial charge in [0.2, 0.25) is 0 Å². The quantitative estimate of drug-likeness (QED) is 0.899. The Labute approximate surface area is 130 Å². The van der Waals surface area contributed by atoms with Gasteiger partial charge in [-0.1, -0.05) is 30.9 Å². The molecule has 20 heavy (non-hydrogen) atoms. The Bertz CT molecular complexity index is 436. The van der Waals surface area contributed by atoms with Crippen molar-refractivity contribution in [1.82, 2.24) is 4.90 Å². The molecule has 2 aliphatic rings. The van der Waals surface area contributed by atoms with E-state index < -0.39 is 0 Å². The fraction of sp³-hybridized carbons (Fsp3) is 0.750. The van der Waals surface area contributed by atoms with Crippen LogP contribution in [0, 0.1) is 5.92 Å². The van der Waals surface area contributed by atoms with Crippen molar-refractivity contribution in [3.05, 3.63) is 21.3 Å². The Balaban J connectivity index is 1.69. The van der Waals surface area contributed by atoms with Gasteiger partial charge in [-0.05, 0) is 44.4 Å². The summed E-state index contributed by atoms with van der Waals surface area (Å²) in [4.78, 5) is 3.96. The second-order valence-corrected chi connectivity index (χ2v) is 8.05. The molecule has 0 bridgehead atoms. The zero-order valence-corrected chi connectivity index (χ0v) is 13.5. The van der Waals surface area contributed by atoms with Gasteiger partial charge in [0.15, 0.2) is 0 Å². The summed E-state index contributed by atoms with van der Waals surface area (Å²) in [5.74, 6) is 0.486. The van der Waals surface area contributed by atoms with Crippen molar-refractivity contribution in [2.75, 3.05) is 6.54 Å². The Morgan fingerprint density at radius 3 is 2.70 bits per heavy atom. The van der Waals surface area contributed by atoms with Crippen molar-refractivity contribution in [1.29, 1.82) is 0 Å². The second-order valence-electron chi connectivity index (χ2n) is 6.26. The summed E-state index contributed by atoms with van der Waals surface area (Å²) in [5, 5.41) is 10.4. The minimum atomic E-state index is -0.0822. The maximum Gasteiger partial charge on any atom is 0.0931 e. The summed E-state index contributed by atoms with van der Waals surface area (Å²) in [6.07, 6.45) is 8.46. The van der Waals surface area contributed by atoms with Crippen LogP contribution in [0.5, 0.6) is 0 Å². The van der Waals surface area contributed by atoms with Crippen molar-refractivity contribution in [2.45, 2.75) is 63.6 Å². The molecule has 0 spiro atoms. The predicted molar refractivity (Wildman–Crippen MR) is 85.3 cm³/mol.